The maximum atomic E-state index is 14.0. The summed E-state index contributed by atoms with van der Waals surface area (Å²) in [4.78, 5) is 68.9. The molecule has 0 radical (unpaired) electrons. The Kier molecular flexibility index (Phi) is 12.5. The highest BCUT2D eigenvalue weighted by atomic mass is 16.6. The number of hydrogen-bond acceptors (Lipinski definition) is 8. The standard InChI is InChI=1S/C35H48N4O7/c1-8-18-45-24-14-15-25-26(21-24)32(42)39(31(25)41)17-16-27(34(44)46-35(4,5)6)37-28(19-22(2)3)33(43)38(7)29(30(36)40)20-23-12-10-9-11-13-23/h9-15,21-22,27-29,37H,8,16-20H2,1-7H3,(H2,36,40)/t27-,28+,29+/m1/s1. The molecule has 0 bridgehead atoms. The summed E-state index contributed by atoms with van der Waals surface area (Å²) in [6.07, 6.45) is 1.36. The first-order valence-electron chi connectivity index (χ1n) is 15.8. The number of fused-ring (bicyclic) bond motifs is 1. The quantitative estimate of drug-likeness (QED) is 0.209. The number of amides is 4. The summed E-state index contributed by atoms with van der Waals surface area (Å²) in [5.74, 6) is -2.11. The Balaban J connectivity index is 1.84. The van der Waals surface area contributed by atoms with E-state index >= 15 is 0 Å². The molecule has 11 heteroatoms. The first-order valence-corrected chi connectivity index (χ1v) is 15.8. The second kappa shape index (κ2) is 15.8. The highest BCUT2D eigenvalue weighted by Crippen LogP contribution is 2.28. The summed E-state index contributed by atoms with van der Waals surface area (Å²) in [6.45, 7) is 11.4. The number of rotatable bonds is 16. The first kappa shape index (κ1) is 36.2. The molecule has 0 aliphatic carbocycles. The third kappa shape index (κ3) is 9.62. The van der Waals surface area contributed by atoms with E-state index in [0.717, 1.165) is 16.9 Å². The van der Waals surface area contributed by atoms with Crippen LogP contribution in [0.5, 0.6) is 5.75 Å². The van der Waals surface area contributed by atoms with Crippen molar-refractivity contribution in [2.24, 2.45) is 11.7 Å². The molecule has 11 nitrogen and oxygen atoms in total. The molecule has 1 aliphatic heterocycles. The van der Waals surface area contributed by atoms with E-state index in [1.54, 1.807) is 39.0 Å². The molecule has 250 valence electrons. The van der Waals surface area contributed by atoms with E-state index in [0.29, 0.717) is 18.8 Å². The molecule has 0 saturated carbocycles. The summed E-state index contributed by atoms with van der Waals surface area (Å²) in [5, 5.41) is 3.17. The number of carbonyl (C=O) groups excluding carboxylic acids is 5. The summed E-state index contributed by atoms with van der Waals surface area (Å²) in [5.41, 5.74) is 6.27. The molecule has 46 heavy (non-hydrogen) atoms. The van der Waals surface area contributed by atoms with Crippen LogP contribution in [0.3, 0.4) is 0 Å². The number of nitrogens with two attached hydrogens (primary N) is 1. The van der Waals surface area contributed by atoms with Crippen molar-refractivity contribution in [3.63, 3.8) is 0 Å². The molecule has 3 atom stereocenters. The minimum absolute atomic E-state index is 0.00553. The molecule has 3 N–H and O–H groups in total. The van der Waals surface area contributed by atoms with Crippen molar-refractivity contribution < 1.29 is 33.4 Å². The topological polar surface area (TPSA) is 148 Å². The van der Waals surface area contributed by atoms with Gasteiger partial charge in [0.25, 0.3) is 11.8 Å². The van der Waals surface area contributed by atoms with Crippen LogP contribution in [0.2, 0.25) is 0 Å². The molecule has 1 heterocycles. The average molecular weight is 637 g/mol. The third-order valence-electron chi connectivity index (χ3n) is 7.57. The molecule has 0 fully saturated rings. The van der Waals surface area contributed by atoms with Gasteiger partial charge < -0.3 is 20.1 Å². The molecular formula is C35H48N4O7. The molecule has 2 aromatic carbocycles. The summed E-state index contributed by atoms with van der Waals surface area (Å²) in [7, 11) is 1.52. The lowest BCUT2D eigenvalue weighted by Gasteiger charge is -2.33. The maximum absolute atomic E-state index is 14.0. The van der Waals surface area contributed by atoms with Gasteiger partial charge in [-0.15, -0.1) is 0 Å². The van der Waals surface area contributed by atoms with E-state index in [1.165, 1.54) is 11.9 Å². The van der Waals surface area contributed by atoms with Crippen LogP contribution >= 0.6 is 0 Å². The fourth-order valence-electron chi connectivity index (χ4n) is 5.30. The fourth-order valence-corrected chi connectivity index (χ4v) is 5.30. The van der Waals surface area contributed by atoms with E-state index in [4.69, 9.17) is 15.2 Å². The number of esters is 1. The number of nitrogens with zero attached hydrogens (tertiary/aromatic N) is 2. The minimum Gasteiger partial charge on any atom is -0.494 e. The largest absolute Gasteiger partial charge is 0.494 e. The predicted molar refractivity (Wildman–Crippen MR) is 174 cm³/mol. The number of imide groups is 1. The number of nitrogens with one attached hydrogen (secondary N) is 1. The number of ether oxygens (including phenoxy) is 2. The first-order chi connectivity index (χ1) is 21.6. The van der Waals surface area contributed by atoms with Gasteiger partial charge in [0.2, 0.25) is 11.8 Å². The highest BCUT2D eigenvalue weighted by molar-refractivity contribution is 6.21. The normalized spacial score (nSPS) is 14.9. The lowest BCUT2D eigenvalue weighted by molar-refractivity contribution is -0.158. The van der Waals surface area contributed by atoms with Crippen LogP contribution in [-0.4, -0.2) is 83.3 Å². The molecule has 0 unspecified atom stereocenters. The van der Waals surface area contributed by atoms with Crippen molar-refractivity contribution in [2.75, 3.05) is 20.2 Å². The van der Waals surface area contributed by atoms with Crippen LogP contribution in [-0.2, 0) is 25.5 Å². The van der Waals surface area contributed by atoms with Crippen LogP contribution in [0.25, 0.3) is 0 Å². The molecule has 0 aromatic heterocycles. The van der Waals surface area contributed by atoms with Gasteiger partial charge in [0, 0.05) is 20.0 Å². The van der Waals surface area contributed by atoms with E-state index in [2.05, 4.69) is 5.32 Å². The van der Waals surface area contributed by atoms with Gasteiger partial charge in [-0.2, -0.15) is 0 Å². The molecule has 1 aliphatic rings. The molecule has 3 rings (SSSR count). The Bertz CT molecular complexity index is 1400. The average Bonchev–Trinajstić information content (AvgIpc) is 3.22. The molecule has 4 amide bonds. The van der Waals surface area contributed by atoms with Gasteiger partial charge in [0.05, 0.1) is 23.8 Å². The number of primary amides is 1. The minimum atomic E-state index is -1.05. The van der Waals surface area contributed by atoms with Crippen LogP contribution in [0.15, 0.2) is 48.5 Å². The van der Waals surface area contributed by atoms with E-state index in [9.17, 15) is 24.0 Å². The Morgan fingerprint density at radius 2 is 1.63 bits per heavy atom. The Hall–Kier alpha value is -4.25. The number of benzene rings is 2. The number of carbonyl (C=O) groups is 5. The van der Waals surface area contributed by atoms with Crippen molar-refractivity contribution >= 4 is 29.6 Å². The molecule has 0 spiro atoms. The van der Waals surface area contributed by atoms with E-state index < -0.39 is 53.3 Å². The van der Waals surface area contributed by atoms with Crippen LogP contribution in [0, 0.1) is 5.92 Å². The Labute approximate surface area is 271 Å². The van der Waals surface area contributed by atoms with Crippen molar-refractivity contribution in [3.05, 3.63) is 65.2 Å². The van der Waals surface area contributed by atoms with Gasteiger partial charge in [0.15, 0.2) is 0 Å². The van der Waals surface area contributed by atoms with E-state index in [1.807, 2.05) is 51.1 Å². The Morgan fingerprint density at radius 3 is 2.22 bits per heavy atom. The van der Waals surface area contributed by atoms with Gasteiger partial charge in [-0.1, -0.05) is 51.1 Å². The second-order valence-corrected chi connectivity index (χ2v) is 13.1. The monoisotopic (exact) mass is 636 g/mol. The summed E-state index contributed by atoms with van der Waals surface area (Å²) >= 11 is 0. The zero-order valence-electron chi connectivity index (χ0n) is 28.0. The Morgan fingerprint density at radius 1 is 0.978 bits per heavy atom. The van der Waals surface area contributed by atoms with E-state index in [-0.39, 0.29) is 36.4 Å². The van der Waals surface area contributed by atoms with Gasteiger partial charge in [-0.05, 0) is 69.7 Å². The van der Waals surface area contributed by atoms with Gasteiger partial charge in [-0.3, -0.25) is 34.2 Å². The smallest absolute Gasteiger partial charge is 0.323 e. The molecular weight excluding hydrogens is 588 g/mol. The van der Waals surface area contributed by atoms with Crippen LogP contribution in [0.4, 0.5) is 0 Å². The summed E-state index contributed by atoms with van der Waals surface area (Å²) < 4.78 is 11.3. The predicted octanol–water partition coefficient (Wildman–Crippen LogP) is 3.73. The van der Waals surface area contributed by atoms with Crippen LogP contribution in [0.1, 0.15) is 87.1 Å². The maximum Gasteiger partial charge on any atom is 0.323 e. The van der Waals surface area contributed by atoms with Crippen molar-refractivity contribution in [2.45, 2.75) is 91.0 Å². The van der Waals surface area contributed by atoms with Gasteiger partial charge >= 0.3 is 5.97 Å². The lowest BCUT2D eigenvalue weighted by Crippen LogP contribution is -2.57. The highest BCUT2D eigenvalue weighted by Gasteiger charge is 2.39. The zero-order valence-corrected chi connectivity index (χ0v) is 28.0. The molecule has 2 aromatic rings. The van der Waals surface area contributed by atoms with Crippen molar-refractivity contribution in [1.82, 2.24) is 15.1 Å². The molecule has 0 saturated heterocycles. The van der Waals surface area contributed by atoms with Crippen molar-refractivity contribution in [3.8, 4) is 5.75 Å². The summed E-state index contributed by atoms with van der Waals surface area (Å²) in [6, 6.07) is 11.2. The fraction of sp³-hybridized carbons (Fsp3) is 0.514. The van der Waals surface area contributed by atoms with Gasteiger partial charge in [-0.25, -0.2) is 0 Å². The second-order valence-electron chi connectivity index (χ2n) is 13.1. The van der Waals surface area contributed by atoms with Crippen LogP contribution < -0.4 is 15.8 Å². The third-order valence-corrected chi connectivity index (χ3v) is 7.57. The number of hydrogen-bond donors (Lipinski definition) is 2. The number of likely N-dealkylation sites (N-methyl/N-ethyl adjacent to an activating group) is 1. The zero-order chi connectivity index (χ0) is 34.2. The lowest BCUT2D eigenvalue weighted by atomic mass is 9.98. The van der Waals surface area contributed by atoms with Crippen molar-refractivity contribution in [1.29, 1.82) is 0 Å². The van der Waals surface area contributed by atoms with Gasteiger partial charge in [0.1, 0.15) is 23.4 Å². The SMILES string of the molecule is CCCOc1ccc2c(c1)C(=O)N(CC[C@@H](N[C@@H](CC(C)C)C(=O)N(C)[C@@H](Cc1ccccc1)C(N)=O)C(=O)OC(C)(C)C)C2=O.